The van der Waals surface area contributed by atoms with E-state index in [1.807, 2.05) is 43.0 Å². The van der Waals surface area contributed by atoms with E-state index >= 15 is 0 Å². The first-order valence-corrected chi connectivity index (χ1v) is 7.57. The number of aromatic nitrogens is 2. The Kier molecular flexibility index (Phi) is 4.79. The molecule has 2 aromatic rings. The van der Waals surface area contributed by atoms with Crippen molar-refractivity contribution in [3.05, 3.63) is 39.8 Å². The van der Waals surface area contributed by atoms with E-state index in [0.29, 0.717) is 13.1 Å². The number of hydrogen-bond donors (Lipinski definition) is 2. The lowest BCUT2D eigenvalue weighted by Gasteiger charge is -2.19. The van der Waals surface area contributed by atoms with Crippen molar-refractivity contribution in [1.82, 2.24) is 20.4 Å². The van der Waals surface area contributed by atoms with Crippen LogP contribution in [0.3, 0.4) is 0 Å². The summed E-state index contributed by atoms with van der Waals surface area (Å²) >= 11 is 1.68. The van der Waals surface area contributed by atoms with Crippen molar-refractivity contribution in [3.63, 3.8) is 0 Å². The Morgan fingerprint density at radius 3 is 2.80 bits per heavy atom. The van der Waals surface area contributed by atoms with Gasteiger partial charge in [0, 0.05) is 23.7 Å². The SMILES string of the molecule is CCNC(=O)NC[C@@H](c1cccs1)n1nc(C)cc1C. The van der Waals surface area contributed by atoms with Gasteiger partial charge in [0.05, 0.1) is 5.69 Å². The molecule has 0 spiro atoms. The van der Waals surface area contributed by atoms with E-state index in [2.05, 4.69) is 21.8 Å². The highest BCUT2D eigenvalue weighted by Gasteiger charge is 2.18. The molecule has 108 valence electrons. The van der Waals surface area contributed by atoms with Crippen LogP contribution in [0.15, 0.2) is 23.6 Å². The van der Waals surface area contributed by atoms with Crippen LogP contribution >= 0.6 is 11.3 Å². The molecule has 0 saturated heterocycles. The van der Waals surface area contributed by atoms with E-state index in [-0.39, 0.29) is 12.1 Å². The fourth-order valence-corrected chi connectivity index (χ4v) is 2.97. The average molecular weight is 292 g/mol. The van der Waals surface area contributed by atoms with Gasteiger partial charge in [-0.3, -0.25) is 4.68 Å². The van der Waals surface area contributed by atoms with E-state index in [0.717, 1.165) is 11.4 Å². The van der Waals surface area contributed by atoms with Crippen LogP contribution in [0.5, 0.6) is 0 Å². The molecular formula is C14H20N4OS. The lowest BCUT2D eigenvalue weighted by Crippen LogP contribution is -2.39. The Bertz CT molecular complexity index is 562. The second-order valence-electron chi connectivity index (χ2n) is 4.64. The molecule has 0 aromatic carbocycles. The van der Waals surface area contributed by atoms with Crippen molar-refractivity contribution in [2.75, 3.05) is 13.1 Å². The maximum atomic E-state index is 11.6. The highest BCUT2D eigenvalue weighted by Crippen LogP contribution is 2.23. The number of carbonyl (C=O) groups is 1. The van der Waals surface area contributed by atoms with Crippen molar-refractivity contribution in [2.24, 2.45) is 0 Å². The second-order valence-corrected chi connectivity index (χ2v) is 5.62. The predicted molar refractivity (Wildman–Crippen MR) is 81.2 cm³/mol. The molecule has 2 aromatic heterocycles. The van der Waals surface area contributed by atoms with E-state index in [1.165, 1.54) is 4.88 Å². The largest absolute Gasteiger partial charge is 0.338 e. The summed E-state index contributed by atoms with van der Waals surface area (Å²) in [6.45, 7) is 7.06. The van der Waals surface area contributed by atoms with E-state index in [9.17, 15) is 4.79 Å². The zero-order chi connectivity index (χ0) is 14.5. The first-order valence-electron chi connectivity index (χ1n) is 6.69. The topological polar surface area (TPSA) is 59.0 Å². The number of aryl methyl sites for hydroxylation is 2. The molecule has 0 aliphatic heterocycles. The van der Waals surface area contributed by atoms with Gasteiger partial charge in [-0.25, -0.2) is 4.79 Å². The van der Waals surface area contributed by atoms with Crippen LogP contribution in [0.4, 0.5) is 4.79 Å². The van der Waals surface area contributed by atoms with E-state index < -0.39 is 0 Å². The van der Waals surface area contributed by atoms with Gasteiger partial charge in [-0.05, 0) is 38.3 Å². The fourth-order valence-electron chi connectivity index (χ4n) is 2.16. The minimum atomic E-state index is -0.143. The molecule has 1 atom stereocenters. The third-order valence-electron chi connectivity index (χ3n) is 3.00. The Morgan fingerprint density at radius 2 is 2.25 bits per heavy atom. The molecule has 5 nitrogen and oxygen atoms in total. The molecule has 2 heterocycles. The Labute approximate surface area is 123 Å². The molecule has 0 saturated carbocycles. The summed E-state index contributed by atoms with van der Waals surface area (Å²) in [6, 6.07) is 6.03. The first kappa shape index (κ1) is 14.6. The zero-order valence-electron chi connectivity index (χ0n) is 12.0. The summed E-state index contributed by atoms with van der Waals surface area (Å²) in [5.41, 5.74) is 2.08. The quantitative estimate of drug-likeness (QED) is 0.889. The molecular weight excluding hydrogens is 272 g/mol. The second kappa shape index (κ2) is 6.56. The molecule has 2 rings (SSSR count). The Morgan fingerprint density at radius 1 is 1.45 bits per heavy atom. The van der Waals surface area contributed by atoms with Crippen molar-refractivity contribution in [2.45, 2.75) is 26.8 Å². The number of rotatable bonds is 5. The maximum Gasteiger partial charge on any atom is 0.314 e. The third-order valence-corrected chi connectivity index (χ3v) is 3.98. The fraction of sp³-hybridized carbons (Fsp3) is 0.429. The number of nitrogens with zero attached hydrogens (tertiary/aromatic N) is 2. The van der Waals surface area contributed by atoms with Crippen molar-refractivity contribution in [3.8, 4) is 0 Å². The summed E-state index contributed by atoms with van der Waals surface area (Å²) < 4.78 is 1.98. The number of carbonyl (C=O) groups excluding carboxylic acids is 1. The van der Waals surface area contributed by atoms with Crippen LogP contribution in [-0.2, 0) is 0 Å². The van der Waals surface area contributed by atoms with Gasteiger partial charge < -0.3 is 10.6 Å². The molecule has 0 bridgehead atoms. The maximum absolute atomic E-state index is 11.6. The monoisotopic (exact) mass is 292 g/mol. The van der Waals surface area contributed by atoms with Crippen molar-refractivity contribution in [1.29, 1.82) is 0 Å². The van der Waals surface area contributed by atoms with Gasteiger partial charge >= 0.3 is 6.03 Å². The molecule has 2 N–H and O–H groups in total. The highest BCUT2D eigenvalue weighted by molar-refractivity contribution is 7.10. The molecule has 2 amide bonds. The van der Waals surface area contributed by atoms with Crippen LogP contribution in [0.2, 0.25) is 0 Å². The van der Waals surface area contributed by atoms with Crippen molar-refractivity contribution >= 4 is 17.4 Å². The normalized spacial score (nSPS) is 12.2. The number of hydrogen-bond acceptors (Lipinski definition) is 3. The highest BCUT2D eigenvalue weighted by atomic mass is 32.1. The van der Waals surface area contributed by atoms with Gasteiger partial charge in [0.2, 0.25) is 0 Å². The van der Waals surface area contributed by atoms with Crippen LogP contribution in [0.25, 0.3) is 0 Å². The van der Waals surface area contributed by atoms with Gasteiger partial charge in [-0.1, -0.05) is 6.07 Å². The van der Waals surface area contributed by atoms with Gasteiger partial charge in [0.1, 0.15) is 6.04 Å². The smallest absolute Gasteiger partial charge is 0.314 e. The van der Waals surface area contributed by atoms with Gasteiger partial charge in [-0.15, -0.1) is 11.3 Å². The standard InChI is InChI=1S/C14H20N4OS/c1-4-15-14(19)16-9-12(13-6-5-7-20-13)18-11(3)8-10(2)17-18/h5-8,12H,4,9H2,1-3H3,(H2,15,16,19)/t12-/m0/s1. The lowest BCUT2D eigenvalue weighted by molar-refractivity contribution is 0.240. The molecule has 0 radical (unpaired) electrons. The van der Waals surface area contributed by atoms with E-state index in [1.54, 1.807) is 11.3 Å². The molecule has 0 aliphatic rings. The van der Waals surface area contributed by atoms with Crippen LogP contribution in [0.1, 0.15) is 29.2 Å². The molecule has 0 aliphatic carbocycles. The summed E-state index contributed by atoms with van der Waals surface area (Å²) in [7, 11) is 0. The van der Waals surface area contributed by atoms with Crippen LogP contribution in [0, 0.1) is 13.8 Å². The van der Waals surface area contributed by atoms with Crippen LogP contribution < -0.4 is 10.6 Å². The number of amides is 2. The number of urea groups is 1. The average Bonchev–Trinajstić information content (AvgIpc) is 3.01. The number of thiophene rings is 1. The molecule has 20 heavy (non-hydrogen) atoms. The van der Waals surface area contributed by atoms with E-state index in [4.69, 9.17) is 0 Å². The third kappa shape index (κ3) is 3.39. The summed E-state index contributed by atoms with van der Waals surface area (Å²) in [6.07, 6.45) is 0. The number of nitrogens with one attached hydrogen (secondary N) is 2. The first-order chi connectivity index (χ1) is 9.61. The Hall–Kier alpha value is -1.82. The van der Waals surface area contributed by atoms with Gasteiger partial charge in [0.25, 0.3) is 0 Å². The van der Waals surface area contributed by atoms with Crippen molar-refractivity contribution < 1.29 is 4.79 Å². The molecule has 6 heteroatoms. The Balaban J connectivity index is 2.18. The predicted octanol–water partition coefficient (Wildman–Crippen LogP) is 2.47. The molecule has 0 fully saturated rings. The zero-order valence-corrected chi connectivity index (χ0v) is 12.8. The summed E-state index contributed by atoms with van der Waals surface area (Å²) in [5, 5.41) is 12.2. The summed E-state index contributed by atoms with van der Waals surface area (Å²) in [4.78, 5) is 12.8. The van der Waals surface area contributed by atoms with Gasteiger partial charge in [-0.2, -0.15) is 5.10 Å². The lowest BCUT2D eigenvalue weighted by atomic mass is 10.2. The van der Waals surface area contributed by atoms with Gasteiger partial charge in [0.15, 0.2) is 0 Å². The molecule has 0 unspecified atom stereocenters. The van der Waals surface area contributed by atoms with Crippen LogP contribution in [-0.4, -0.2) is 28.9 Å². The summed E-state index contributed by atoms with van der Waals surface area (Å²) in [5.74, 6) is 0. The minimum Gasteiger partial charge on any atom is -0.338 e. The minimum absolute atomic E-state index is 0.0336.